The van der Waals surface area contributed by atoms with Crippen LogP contribution >= 0.6 is 0 Å². The summed E-state index contributed by atoms with van der Waals surface area (Å²) in [7, 11) is -11.6. The van der Waals surface area contributed by atoms with Gasteiger partial charge in [-0.15, -0.1) is 0 Å². The Morgan fingerprint density at radius 2 is 0.727 bits per heavy atom. The standard InChI is InChI=1S/C24H28N4O2S.C23H23N5O2S.C23H26N4O2S.C22H26N4O2S.C21H25N5O2S/c1-25-21-4-2-3-17(14-21)19-13-18-7-10-26-16-23(18)24(15-19)27-20-8-11-28(12-9-20)31(29,30)22-5-6-22;24-13-20-2-1-17(14-26-20)18-11-16-5-8-25-15-22(16)23(12-18)27-19-6-9-28(10-7-19)31(29,30)21-3-4-21;1-30(28,29)27-8-5-21(6-9-27)26-23-12-18(10-17-4-7-24-15-22(17)23)20-11-19(13-25-14-20)16-2-3-16;1-3-29(27,28)26-11-8-19(9-12-26)25-22-14-18(21-6-4-5-16(2)24-21)13-17-7-10-23-15-20(17)22;1-25-14-17(12-23-25)16-10-15-4-7-22-13-20(15)21(11-16)24-18-5-8-26(9-6-18)29(27,28)19-2-3-19/h2-4,7,10,13-16,20,22,25,27H,5-6,8-9,11-12H2,1H3;1-2,5,8,11-12,14-15,19,21,27H,3-4,6-7,9-10H2;4,7,10-16,21,26H,2-3,5-6,8-9H2,1H3;4-7,10,13-15,19,25H,3,8-9,11-12H2,1-2H3;4,7,10-14,18-19,24H,2-3,5-6,8-9H2,1H3. The third kappa shape index (κ3) is 24.9. The lowest BCUT2D eigenvalue weighted by Crippen LogP contribution is -2.43. The van der Waals surface area contributed by atoms with Crippen molar-refractivity contribution in [3.8, 4) is 61.8 Å². The van der Waals surface area contributed by atoms with Gasteiger partial charge in [0.15, 0.2) is 0 Å². The van der Waals surface area contributed by atoms with Crippen LogP contribution in [-0.4, -0.2) is 244 Å². The van der Waals surface area contributed by atoms with E-state index in [0.717, 1.165) is 252 Å². The zero-order valence-corrected chi connectivity index (χ0v) is 89.2. The van der Waals surface area contributed by atoms with Gasteiger partial charge in [0.2, 0.25) is 50.1 Å². The van der Waals surface area contributed by atoms with Gasteiger partial charge in [-0.05, 0) is 329 Å². The number of nitrogens with one attached hydrogen (secondary N) is 6. The van der Waals surface area contributed by atoms with E-state index in [4.69, 9.17) is 5.26 Å². The monoisotopic (exact) mass is 2110 g/mol. The van der Waals surface area contributed by atoms with E-state index < -0.39 is 50.1 Å². The number of hydrogen-bond donors (Lipinski definition) is 6. The second-order valence-electron chi connectivity index (χ2n) is 40.8. The average molecular weight is 2110 g/mol. The number of benzene rings is 6. The predicted octanol–water partition coefficient (Wildman–Crippen LogP) is 18.7. The zero-order chi connectivity index (χ0) is 104. The Hall–Kier alpha value is -13.1. The number of fused-ring (bicyclic) bond motifs is 5. The van der Waals surface area contributed by atoms with Gasteiger partial charge in [0.1, 0.15) is 11.8 Å². The largest absolute Gasteiger partial charge is 0.388 e. The molecule has 5 saturated heterocycles. The summed E-state index contributed by atoms with van der Waals surface area (Å²) < 4.78 is 133. The second kappa shape index (κ2) is 45.2. The number of hydrogen-bond acceptors (Lipinski definition) is 26. The molecule has 0 amide bonds. The third-order valence-corrected chi connectivity index (χ3v) is 40.4. The lowest BCUT2D eigenvalue weighted by Gasteiger charge is -2.32. The summed E-state index contributed by atoms with van der Waals surface area (Å²) in [6.07, 6.45) is 44.6. The average Bonchev–Trinajstić information content (AvgIpc) is 1.38. The summed E-state index contributed by atoms with van der Waals surface area (Å²) >= 11 is 0. The van der Waals surface area contributed by atoms with E-state index in [2.05, 4.69) is 168 Å². The van der Waals surface area contributed by atoms with Gasteiger partial charge in [0, 0.05) is 286 Å². The fourth-order valence-electron chi connectivity index (χ4n) is 20.8. The van der Waals surface area contributed by atoms with E-state index in [0.29, 0.717) is 77.1 Å². The van der Waals surface area contributed by atoms with E-state index in [9.17, 15) is 42.1 Å². The Bertz CT molecular complexity index is 8100. The molecule has 150 heavy (non-hydrogen) atoms. The summed E-state index contributed by atoms with van der Waals surface area (Å²) in [6.45, 7) is 9.41. The molecule has 6 N–H and O–H groups in total. The van der Waals surface area contributed by atoms with Crippen LogP contribution in [0.3, 0.4) is 0 Å². The van der Waals surface area contributed by atoms with Crippen molar-refractivity contribution in [1.82, 2.24) is 71.2 Å². The quantitative estimate of drug-likeness (QED) is 0.0293. The second-order valence-corrected chi connectivity index (χ2v) is 51.7. The summed E-state index contributed by atoms with van der Waals surface area (Å²) in [5, 5.41) is 45.3. The number of nitriles is 1. The Morgan fingerprint density at radius 1 is 0.353 bits per heavy atom. The SMILES string of the molecule is CCS(=O)(=O)N1CCC(Nc2cc(-c3cccc(C)n3)cc3ccncc23)CC1.CNc1cccc(-c2cc(NC3CCN(S(=O)(=O)C4CC4)CC3)c3cnccc3c2)c1.CS(=O)(=O)N1CCC(Nc2cc(-c3cncc(C4CC4)c3)cc3ccncc23)CC1.Cn1cc(-c2cc(NC3CCN(S(=O)(=O)C4CC4)CC3)c3cnccc3c2)cn1.N#Cc1ccc(-c2cc(NC3CCN(S(=O)(=O)C4CC4)CC3)c3cnccc3c2)cn1. The van der Waals surface area contributed by atoms with Gasteiger partial charge in [-0.1, -0.05) is 18.2 Å². The van der Waals surface area contributed by atoms with Crippen LogP contribution in [0.5, 0.6) is 0 Å². The summed E-state index contributed by atoms with van der Waals surface area (Å²) in [5.41, 5.74) is 19.6. The number of anilines is 6. The fourth-order valence-corrected chi connectivity index (χ4v) is 28.4. The molecule has 37 heteroatoms. The van der Waals surface area contributed by atoms with Gasteiger partial charge in [0.05, 0.1) is 39.6 Å². The van der Waals surface area contributed by atoms with Crippen LogP contribution < -0.4 is 31.9 Å². The van der Waals surface area contributed by atoms with Crippen LogP contribution in [-0.2, 0) is 57.2 Å². The Kier molecular flexibility index (Phi) is 31.3. The molecule has 0 atom stereocenters. The zero-order valence-electron chi connectivity index (χ0n) is 85.1. The number of piperidine rings is 5. The van der Waals surface area contributed by atoms with Gasteiger partial charge < -0.3 is 31.9 Å². The first-order valence-electron chi connectivity index (χ1n) is 52.2. The summed E-state index contributed by atoms with van der Waals surface area (Å²) in [5.74, 6) is 0.826. The molecule has 9 fully saturated rings. The Balaban J connectivity index is 0.000000113. The molecule has 5 aliphatic heterocycles. The molecule has 6 aromatic carbocycles. The molecule has 32 nitrogen and oxygen atoms in total. The predicted molar refractivity (Wildman–Crippen MR) is 598 cm³/mol. The third-order valence-electron chi connectivity index (χ3n) is 30.1. The molecule has 4 saturated carbocycles. The number of sulfonamides is 5. The highest BCUT2D eigenvalue weighted by atomic mass is 32.2. The van der Waals surface area contributed by atoms with Gasteiger partial charge in [-0.25, -0.2) is 68.6 Å². The number of aromatic nitrogens is 10. The topological polar surface area (TPSA) is 404 Å². The van der Waals surface area contributed by atoms with E-state index in [-0.39, 0.29) is 51.7 Å². The number of pyridine rings is 8. The van der Waals surface area contributed by atoms with Crippen LogP contribution in [0.4, 0.5) is 34.1 Å². The highest BCUT2D eigenvalue weighted by molar-refractivity contribution is 7.90. The molecular formula is C113H128N22O10S5. The molecule has 780 valence electrons. The maximum atomic E-state index is 12.5. The van der Waals surface area contributed by atoms with E-state index in [1.807, 2.05) is 150 Å². The Labute approximate surface area is 878 Å². The van der Waals surface area contributed by atoms with Crippen LogP contribution in [0.15, 0.2) is 245 Å². The van der Waals surface area contributed by atoms with Crippen molar-refractivity contribution < 1.29 is 42.1 Å². The first kappa shape index (κ1) is 104. The molecule has 14 heterocycles. The molecule has 0 unspecified atom stereocenters. The maximum Gasteiger partial charge on any atom is 0.216 e. The minimum absolute atomic E-state index is 0.127. The highest BCUT2D eigenvalue weighted by Gasteiger charge is 2.45. The normalized spacial score (nSPS) is 18.0. The van der Waals surface area contributed by atoms with Crippen molar-refractivity contribution in [2.45, 2.75) is 181 Å². The number of nitrogens with zero attached hydrogens (tertiary/aromatic N) is 16. The first-order chi connectivity index (χ1) is 72.5. The molecule has 9 aromatic heterocycles. The summed E-state index contributed by atoms with van der Waals surface area (Å²) in [4.78, 5) is 34.9. The number of aryl methyl sites for hydroxylation is 2. The van der Waals surface area contributed by atoms with Crippen LogP contribution in [0.25, 0.3) is 110 Å². The van der Waals surface area contributed by atoms with Gasteiger partial charge in [0.25, 0.3) is 0 Å². The molecule has 15 aromatic rings. The molecule has 0 spiro atoms. The van der Waals surface area contributed by atoms with Crippen LogP contribution in [0.2, 0.25) is 0 Å². The molecule has 4 aliphatic carbocycles. The molecule has 0 bridgehead atoms. The molecule has 9 aliphatic rings. The lowest BCUT2D eigenvalue weighted by atomic mass is 9.99. The molecular weight excluding hydrogens is 1990 g/mol. The first-order valence-corrected chi connectivity index (χ1v) is 60.1. The van der Waals surface area contributed by atoms with E-state index >= 15 is 0 Å². The summed E-state index contributed by atoms with van der Waals surface area (Å²) in [6, 6.07) is 55.1. The number of rotatable bonds is 26. The minimum atomic E-state index is -3.12. The van der Waals surface area contributed by atoms with Crippen LogP contribution in [0, 0.1) is 18.3 Å². The molecule has 0 radical (unpaired) electrons. The van der Waals surface area contributed by atoms with Crippen molar-refractivity contribution in [1.29, 1.82) is 5.26 Å². The highest BCUT2D eigenvalue weighted by Crippen LogP contribution is 2.45. The van der Waals surface area contributed by atoms with Gasteiger partial charge in [-0.2, -0.15) is 10.4 Å². The maximum absolute atomic E-state index is 12.5. The molecule has 24 rings (SSSR count). The van der Waals surface area contributed by atoms with Crippen molar-refractivity contribution in [2.24, 2.45) is 7.05 Å². The minimum Gasteiger partial charge on any atom is -0.388 e. The smallest absolute Gasteiger partial charge is 0.216 e. The van der Waals surface area contributed by atoms with Gasteiger partial charge >= 0.3 is 0 Å². The van der Waals surface area contributed by atoms with Crippen molar-refractivity contribution >= 4 is 138 Å². The van der Waals surface area contributed by atoms with E-state index in [1.54, 1.807) is 64.0 Å². The van der Waals surface area contributed by atoms with Crippen LogP contribution in [0.1, 0.15) is 145 Å². The van der Waals surface area contributed by atoms with Crippen molar-refractivity contribution in [3.05, 3.63) is 262 Å². The Morgan fingerprint density at radius 3 is 1.08 bits per heavy atom. The lowest BCUT2D eigenvalue weighted by molar-refractivity contribution is 0.329. The van der Waals surface area contributed by atoms with E-state index in [1.165, 1.54) is 24.7 Å². The van der Waals surface area contributed by atoms with Gasteiger partial charge in [-0.3, -0.25) is 39.6 Å². The fraction of sp³-hybridized carbons (Fsp3) is 0.381. The van der Waals surface area contributed by atoms with Crippen molar-refractivity contribution in [2.75, 3.05) is 116 Å². The van der Waals surface area contributed by atoms with Crippen molar-refractivity contribution in [3.63, 3.8) is 0 Å².